The first-order valence-corrected chi connectivity index (χ1v) is 6.43. The number of nitrogens with one attached hydrogen (secondary N) is 1. The van der Waals surface area contributed by atoms with E-state index in [1.807, 2.05) is 0 Å². The number of hydrogen-bond donors (Lipinski definition) is 1. The van der Waals surface area contributed by atoms with Crippen LogP contribution in [0.5, 0.6) is 0 Å². The number of halogens is 2. The Hall–Kier alpha value is -1.17. The molecule has 1 aromatic carbocycles. The lowest BCUT2D eigenvalue weighted by Crippen LogP contribution is -2.22. The van der Waals surface area contributed by atoms with Crippen molar-refractivity contribution in [2.45, 2.75) is 27.2 Å². The van der Waals surface area contributed by atoms with Gasteiger partial charge in [-0.1, -0.05) is 20.8 Å². The molecular formula is C12H16BrFN2O2. The Kier molecular flexibility index (Phi) is 4.67. The maximum absolute atomic E-state index is 13.3. The molecule has 0 aliphatic heterocycles. The molecule has 0 atom stereocenters. The monoisotopic (exact) mass is 318 g/mol. The van der Waals surface area contributed by atoms with Gasteiger partial charge in [0.1, 0.15) is 11.5 Å². The second kappa shape index (κ2) is 5.65. The summed E-state index contributed by atoms with van der Waals surface area (Å²) in [7, 11) is 0. The Labute approximate surface area is 114 Å². The summed E-state index contributed by atoms with van der Waals surface area (Å²) in [5.41, 5.74) is 0.103. The first-order chi connectivity index (χ1) is 8.26. The minimum Gasteiger partial charge on any atom is -0.379 e. The summed E-state index contributed by atoms with van der Waals surface area (Å²) in [4.78, 5) is 10.3. The first-order valence-electron chi connectivity index (χ1n) is 5.64. The normalized spacial score (nSPS) is 11.4. The maximum Gasteiger partial charge on any atom is 0.295 e. The molecule has 0 saturated carbocycles. The van der Waals surface area contributed by atoms with Gasteiger partial charge in [-0.25, -0.2) is 4.39 Å². The highest BCUT2D eigenvalue weighted by Gasteiger charge is 2.20. The van der Waals surface area contributed by atoms with Crippen LogP contribution < -0.4 is 5.32 Å². The Morgan fingerprint density at radius 3 is 2.61 bits per heavy atom. The van der Waals surface area contributed by atoms with Crippen LogP contribution in [0.4, 0.5) is 15.8 Å². The van der Waals surface area contributed by atoms with Gasteiger partial charge in [-0.15, -0.1) is 0 Å². The van der Waals surface area contributed by atoms with Crippen LogP contribution in [0, 0.1) is 21.3 Å². The zero-order valence-electron chi connectivity index (χ0n) is 10.6. The Morgan fingerprint density at radius 1 is 1.50 bits per heavy atom. The van der Waals surface area contributed by atoms with Crippen LogP contribution in [0.3, 0.4) is 0 Å². The fourth-order valence-corrected chi connectivity index (χ4v) is 1.63. The number of nitro benzene ring substituents is 1. The minimum atomic E-state index is -0.637. The van der Waals surface area contributed by atoms with Crippen molar-refractivity contribution in [3.05, 3.63) is 32.5 Å². The van der Waals surface area contributed by atoms with E-state index >= 15 is 0 Å². The number of benzene rings is 1. The predicted octanol–water partition coefficient (Wildman–Crippen LogP) is 4.34. The molecule has 0 amide bonds. The average molecular weight is 319 g/mol. The molecule has 0 bridgehead atoms. The zero-order valence-corrected chi connectivity index (χ0v) is 12.2. The molecule has 0 fully saturated rings. The summed E-state index contributed by atoms with van der Waals surface area (Å²) >= 11 is 3.03. The molecule has 4 nitrogen and oxygen atoms in total. The van der Waals surface area contributed by atoms with E-state index in [4.69, 9.17) is 0 Å². The van der Waals surface area contributed by atoms with E-state index < -0.39 is 10.7 Å². The van der Waals surface area contributed by atoms with Gasteiger partial charge in [0.25, 0.3) is 5.69 Å². The summed E-state index contributed by atoms with van der Waals surface area (Å²) in [5.74, 6) is -0.637. The lowest BCUT2D eigenvalue weighted by atomic mass is 9.90. The molecule has 0 radical (unpaired) electrons. The molecule has 18 heavy (non-hydrogen) atoms. The maximum atomic E-state index is 13.3. The van der Waals surface area contributed by atoms with Crippen LogP contribution in [0.2, 0.25) is 0 Å². The van der Waals surface area contributed by atoms with Crippen molar-refractivity contribution in [1.29, 1.82) is 0 Å². The van der Waals surface area contributed by atoms with Gasteiger partial charge in [0, 0.05) is 6.54 Å². The highest BCUT2D eigenvalue weighted by atomic mass is 79.9. The van der Waals surface area contributed by atoms with Crippen molar-refractivity contribution < 1.29 is 9.31 Å². The molecule has 100 valence electrons. The van der Waals surface area contributed by atoms with Crippen molar-refractivity contribution in [2.24, 2.45) is 5.41 Å². The van der Waals surface area contributed by atoms with Gasteiger partial charge in [-0.2, -0.15) is 0 Å². The highest BCUT2D eigenvalue weighted by molar-refractivity contribution is 9.10. The van der Waals surface area contributed by atoms with Crippen molar-refractivity contribution in [2.75, 3.05) is 11.9 Å². The Morgan fingerprint density at radius 2 is 2.11 bits per heavy atom. The van der Waals surface area contributed by atoms with Gasteiger partial charge >= 0.3 is 0 Å². The van der Waals surface area contributed by atoms with Crippen molar-refractivity contribution in [3.8, 4) is 0 Å². The fourth-order valence-electron chi connectivity index (χ4n) is 1.29. The molecule has 0 heterocycles. The summed E-state index contributed by atoms with van der Waals surface area (Å²) in [6.07, 6.45) is 0.941. The summed E-state index contributed by atoms with van der Waals surface area (Å²) in [5, 5.41) is 13.9. The molecule has 0 aliphatic rings. The van der Waals surface area contributed by atoms with E-state index in [-0.39, 0.29) is 15.6 Å². The van der Waals surface area contributed by atoms with Crippen molar-refractivity contribution in [3.63, 3.8) is 0 Å². The van der Waals surface area contributed by atoms with E-state index in [2.05, 4.69) is 42.0 Å². The van der Waals surface area contributed by atoms with Gasteiger partial charge in [-0.3, -0.25) is 10.1 Å². The van der Waals surface area contributed by atoms with Crippen LogP contribution in [0.1, 0.15) is 27.2 Å². The lowest BCUT2D eigenvalue weighted by molar-refractivity contribution is -0.384. The molecule has 1 rings (SSSR count). The zero-order chi connectivity index (χ0) is 13.9. The van der Waals surface area contributed by atoms with Crippen LogP contribution >= 0.6 is 15.9 Å². The van der Waals surface area contributed by atoms with Gasteiger partial charge in [0.05, 0.1) is 15.5 Å². The topological polar surface area (TPSA) is 55.2 Å². The van der Waals surface area contributed by atoms with Crippen molar-refractivity contribution >= 4 is 27.3 Å². The third-order valence-corrected chi connectivity index (χ3v) is 3.56. The summed E-state index contributed by atoms with van der Waals surface area (Å²) in [6, 6.07) is 2.32. The molecule has 1 N–H and O–H groups in total. The van der Waals surface area contributed by atoms with E-state index in [1.165, 1.54) is 6.07 Å². The standard InChI is InChI=1S/C12H16BrFN2O2/c1-4-12(2,3)7-15-10-5-8(13)9(14)6-11(10)16(17)18/h5-6,15H,4,7H2,1-3H3. The minimum absolute atomic E-state index is 0.0226. The second-order valence-corrected chi connectivity index (χ2v) is 5.77. The molecule has 1 aromatic rings. The molecule has 0 aromatic heterocycles. The lowest BCUT2D eigenvalue weighted by Gasteiger charge is -2.23. The molecule has 0 spiro atoms. The van der Waals surface area contributed by atoms with Gasteiger partial charge in [-0.05, 0) is 33.8 Å². The number of nitro groups is 1. The molecule has 0 unspecified atom stereocenters. The Balaban J connectivity index is 3.01. The van der Waals surface area contributed by atoms with E-state index in [0.717, 1.165) is 12.5 Å². The number of rotatable bonds is 5. The van der Waals surface area contributed by atoms with E-state index in [0.29, 0.717) is 12.2 Å². The number of hydrogen-bond acceptors (Lipinski definition) is 3. The van der Waals surface area contributed by atoms with Crippen LogP contribution in [0.25, 0.3) is 0 Å². The summed E-state index contributed by atoms with van der Waals surface area (Å²) in [6.45, 7) is 6.76. The first kappa shape index (κ1) is 14.9. The molecule has 0 saturated heterocycles. The molecule has 0 aliphatic carbocycles. The summed E-state index contributed by atoms with van der Waals surface area (Å²) < 4.78 is 13.5. The van der Waals surface area contributed by atoms with Gasteiger partial charge in [0.15, 0.2) is 0 Å². The number of nitrogens with zero attached hydrogens (tertiary/aromatic N) is 1. The molecular weight excluding hydrogens is 303 g/mol. The SMILES string of the molecule is CCC(C)(C)CNc1cc(Br)c(F)cc1[N+](=O)[O-]. The fraction of sp³-hybridized carbons (Fsp3) is 0.500. The third-order valence-electron chi connectivity index (χ3n) is 2.95. The van der Waals surface area contributed by atoms with Crippen LogP contribution in [0.15, 0.2) is 16.6 Å². The van der Waals surface area contributed by atoms with Gasteiger partial charge < -0.3 is 5.32 Å². The van der Waals surface area contributed by atoms with Crippen LogP contribution in [-0.2, 0) is 0 Å². The smallest absolute Gasteiger partial charge is 0.295 e. The van der Waals surface area contributed by atoms with Crippen molar-refractivity contribution in [1.82, 2.24) is 0 Å². The van der Waals surface area contributed by atoms with Gasteiger partial charge in [0.2, 0.25) is 0 Å². The van der Waals surface area contributed by atoms with Crippen LogP contribution in [-0.4, -0.2) is 11.5 Å². The third kappa shape index (κ3) is 3.66. The highest BCUT2D eigenvalue weighted by Crippen LogP contribution is 2.31. The quantitative estimate of drug-likeness (QED) is 0.648. The second-order valence-electron chi connectivity index (χ2n) is 4.91. The Bertz CT molecular complexity index is 464. The predicted molar refractivity (Wildman–Crippen MR) is 73.3 cm³/mol. The molecule has 6 heteroatoms. The van der Waals surface area contributed by atoms with E-state index in [9.17, 15) is 14.5 Å². The number of anilines is 1. The average Bonchev–Trinajstić information content (AvgIpc) is 2.30. The van der Waals surface area contributed by atoms with E-state index in [1.54, 1.807) is 0 Å². The largest absolute Gasteiger partial charge is 0.379 e.